The Morgan fingerprint density at radius 3 is 2.50 bits per heavy atom. The number of hydrogen-bond donors (Lipinski definition) is 3. The molecule has 1 heterocycles. The number of nitro groups is 1. The van der Waals surface area contributed by atoms with Gasteiger partial charge in [-0.15, -0.1) is 0 Å². The average molecular weight is 452 g/mol. The van der Waals surface area contributed by atoms with E-state index in [0.29, 0.717) is 17.1 Å². The van der Waals surface area contributed by atoms with E-state index in [1.54, 1.807) is 0 Å². The highest BCUT2D eigenvalue weighted by Gasteiger charge is 2.25. The van der Waals surface area contributed by atoms with Crippen LogP contribution < -0.4 is 15.2 Å². The van der Waals surface area contributed by atoms with Gasteiger partial charge in [-0.1, -0.05) is 41.4 Å². The Kier molecular flexibility index (Phi) is 7.75. The number of halogens is 2. The van der Waals surface area contributed by atoms with Gasteiger partial charge in [0.25, 0.3) is 11.6 Å². The zero-order valence-corrected chi connectivity index (χ0v) is 17.7. The Hall–Kier alpha value is -2.52. The molecular weight excluding hydrogens is 429 g/mol. The molecule has 1 aliphatic heterocycles. The van der Waals surface area contributed by atoms with E-state index in [1.807, 2.05) is 24.3 Å². The minimum absolute atomic E-state index is 0.0891. The second-order valence-corrected chi connectivity index (χ2v) is 8.02. The first-order chi connectivity index (χ1) is 14.4. The zero-order valence-electron chi connectivity index (χ0n) is 16.2. The number of nitrogens with zero attached hydrogens (tertiary/aromatic N) is 2. The van der Waals surface area contributed by atoms with Crippen molar-refractivity contribution in [3.05, 3.63) is 73.8 Å². The molecule has 3 rings (SSSR count). The van der Waals surface area contributed by atoms with Gasteiger partial charge in [-0.3, -0.25) is 14.9 Å². The normalized spacial score (nSPS) is 19.0. The fourth-order valence-corrected chi connectivity index (χ4v) is 3.77. The minimum atomic E-state index is -0.511. The summed E-state index contributed by atoms with van der Waals surface area (Å²) in [7, 11) is 0. The van der Waals surface area contributed by atoms with E-state index in [9.17, 15) is 14.9 Å². The summed E-state index contributed by atoms with van der Waals surface area (Å²) >= 11 is 12.3. The van der Waals surface area contributed by atoms with Crippen LogP contribution in [0.4, 0.5) is 5.69 Å². The molecule has 0 aromatic heterocycles. The Balaban J connectivity index is 1.44. The summed E-state index contributed by atoms with van der Waals surface area (Å²) < 4.78 is 0. The largest absolute Gasteiger partial charge is 0.322 e. The van der Waals surface area contributed by atoms with E-state index in [4.69, 9.17) is 23.2 Å². The predicted octanol–water partition coefficient (Wildman–Crippen LogP) is 0.335. The molecule has 2 aromatic carbocycles. The average Bonchev–Trinajstić information content (AvgIpc) is 2.72. The quantitative estimate of drug-likeness (QED) is 0.321. The van der Waals surface area contributed by atoms with E-state index in [1.165, 1.54) is 34.2 Å². The number of hydrazone groups is 1. The Labute approximate surface area is 184 Å². The minimum Gasteiger partial charge on any atom is -0.322 e. The molecule has 1 saturated heterocycles. The number of piperazine rings is 1. The highest BCUT2D eigenvalue weighted by Crippen LogP contribution is 2.20. The fraction of sp³-hybridized carbons (Fsp3) is 0.300. The topological polar surface area (TPSA) is 93.5 Å². The Morgan fingerprint density at radius 1 is 1.10 bits per heavy atom. The number of nitro benzene ring substituents is 1. The fourth-order valence-electron chi connectivity index (χ4n) is 3.41. The molecule has 1 fully saturated rings. The molecule has 0 saturated carbocycles. The third-order valence-corrected chi connectivity index (χ3v) is 5.77. The zero-order chi connectivity index (χ0) is 21.5. The second kappa shape index (κ2) is 10.5. The van der Waals surface area contributed by atoms with E-state index in [0.717, 1.165) is 43.3 Å². The molecule has 0 bridgehead atoms. The maximum atomic E-state index is 12.2. The number of carbonyl (C=O) groups excluding carboxylic acids is 1. The summed E-state index contributed by atoms with van der Waals surface area (Å²) in [5.41, 5.74) is 3.89. The van der Waals surface area contributed by atoms with Gasteiger partial charge >= 0.3 is 0 Å². The Bertz CT molecular complexity index is 946. The number of amides is 1. The Morgan fingerprint density at radius 2 is 1.80 bits per heavy atom. The van der Waals surface area contributed by atoms with E-state index < -0.39 is 4.92 Å². The van der Waals surface area contributed by atoms with E-state index >= 15 is 0 Å². The lowest BCUT2D eigenvalue weighted by molar-refractivity contribution is -1.02. The van der Waals surface area contributed by atoms with Gasteiger partial charge in [-0.25, -0.2) is 5.43 Å². The number of quaternary nitrogens is 2. The standard InChI is InChI=1S/C20H21Cl2N5O3/c21-18-4-2-1-3-15(18)13-25-7-9-26(10-8-25)14-20(28)24-23-12-16-11-17(27(29)30)5-6-19(16)22/h1-6,11-12H,7-10,13-14H2,(H,24,28)/p+2/b23-12-. The lowest BCUT2D eigenvalue weighted by atomic mass is 10.2. The molecule has 158 valence electrons. The molecule has 0 atom stereocenters. The molecule has 0 radical (unpaired) electrons. The highest BCUT2D eigenvalue weighted by atomic mass is 35.5. The molecule has 1 aliphatic rings. The summed E-state index contributed by atoms with van der Waals surface area (Å²) in [4.78, 5) is 25.1. The van der Waals surface area contributed by atoms with Crippen LogP contribution in [-0.2, 0) is 11.3 Å². The molecule has 2 aromatic rings. The summed E-state index contributed by atoms with van der Waals surface area (Å²) in [5.74, 6) is -0.211. The SMILES string of the molecule is O=C(C[NH+]1CC[NH+](Cc2ccccc2Cl)CC1)N/N=C\c1cc([N+](=O)[O-])ccc1Cl. The van der Waals surface area contributed by atoms with Crippen LogP contribution >= 0.6 is 23.2 Å². The van der Waals surface area contributed by atoms with Crippen LogP contribution in [0, 0.1) is 10.1 Å². The van der Waals surface area contributed by atoms with Crippen LogP contribution in [0.3, 0.4) is 0 Å². The van der Waals surface area contributed by atoms with Gasteiger partial charge in [-0.05, 0) is 12.1 Å². The van der Waals surface area contributed by atoms with Crippen LogP contribution in [0.5, 0.6) is 0 Å². The summed E-state index contributed by atoms with van der Waals surface area (Å²) in [6.45, 7) is 4.88. The predicted molar refractivity (Wildman–Crippen MR) is 115 cm³/mol. The molecule has 10 heteroatoms. The van der Waals surface area contributed by atoms with Gasteiger partial charge in [0.2, 0.25) is 0 Å². The van der Waals surface area contributed by atoms with Crippen molar-refractivity contribution in [3.63, 3.8) is 0 Å². The lowest BCUT2D eigenvalue weighted by Gasteiger charge is -2.29. The number of benzene rings is 2. The van der Waals surface area contributed by atoms with Gasteiger partial charge in [-0.2, -0.15) is 5.10 Å². The summed E-state index contributed by atoms with van der Waals surface area (Å²) in [6, 6.07) is 11.9. The molecule has 0 spiro atoms. The van der Waals surface area contributed by atoms with Crippen molar-refractivity contribution in [1.29, 1.82) is 0 Å². The highest BCUT2D eigenvalue weighted by molar-refractivity contribution is 6.33. The van der Waals surface area contributed by atoms with Gasteiger partial charge in [0.15, 0.2) is 6.54 Å². The van der Waals surface area contributed by atoms with Crippen molar-refractivity contribution >= 4 is 41.0 Å². The number of hydrogen-bond acceptors (Lipinski definition) is 4. The molecule has 30 heavy (non-hydrogen) atoms. The van der Waals surface area contributed by atoms with Crippen LogP contribution in [0.2, 0.25) is 10.0 Å². The van der Waals surface area contributed by atoms with E-state index in [2.05, 4.69) is 10.5 Å². The van der Waals surface area contributed by atoms with Gasteiger partial charge in [0, 0.05) is 33.3 Å². The number of nitrogens with one attached hydrogen (secondary N) is 3. The molecule has 8 nitrogen and oxygen atoms in total. The second-order valence-electron chi connectivity index (χ2n) is 7.20. The van der Waals surface area contributed by atoms with Crippen molar-refractivity contribution in [1.82, 2.24) is 5.43 Å². The van der Waals surface area contributed by atoms with Gasteiger partial charge < -0.3 is 9.80 Å². The molecule has 0 aliphatic carbocycles. The first-order valence-corrected chi connectivity index (χ1v) is 10.3. The van der Waals surface area contributed by atoms with Crippen LogP contribution in [0.15, 0.2) is 47.6 Å². The molecule has 0 unspecified atom stereocenters. The van der Waals surface area contributed by atoms with Crippen molar-refractivity contribution < 1.29 is 19.5 Å². The number of rotatable bonds is 7. The summed E-state index contributed by atoms with van der Waals surface area (Å²) in [5, 5.41) is 15.8. The van der Waals surface area contributed by atoms with Gasteiger partial charge in [0.05, 0.1) is 11.1 Å². The van der Waals surface area contributed by atoms with E-state index in [-0.39, 0.29) is 11.6 Å². The monoisotopic (exact) mass is 451 g/mol. The van der Waals surface area contributed by atoms with Crippen LogP contribution in [0.25, 0.3) is 0 Å². The number of carbonyl (C=O) groups is 1. The molecule has 1 amide bonds. The number of non-ortho nitro benzene ring substituents is 1. The van der Waals surface area contributed by atoms with Crippen molar-refractivity contribution in [2.45, 2.75) is 6.54 Å². The van der Waals surface area contributed by atoms with Crippen molar-refractivity contribution in [2.75, 3.05) is 32.7 Å². The maximum Gasteiger partial charge on any atom is 0.295 e. The van der Waals surface area contributed by atoms with Crippen molar-refractivity contribution in [2.24, 2.45) is 5.10 Å². The third kappa shape index (κ3) is 6.24. The van der Waals surface area contributed by atoms with Crippen molar-refractivity contribution in [3.8, 4) is 0 Å². The maximum absolute atomic E-state index is 12.2. The van der Waals surface area contributed by atoms with Crippen LogP contribution in [-0.4, -0.2) is 49.8 Å². The first kappa shape index (κ1) is 22.2. The summed E-state index contributed by atoms with van der Waals surface area (Å²) in [6.07, 6.45) is 1.31. The molecule has 3 N–H and O–H groups in total. The van der Waals surface area contributed by atoms with Crippen LogP contribution in [0.1, 0.15) is 11.1 Å². The molecular formula is C20H23Cl2N5O3+2. The lowest BCUT2D eigenvalue weighted by Crippen LogP contribution is -3.28. The smallest absolute Gasteiger partial charge is 0.295 e. The first-order valence-electron chi connectivity index (χ1n) is 9.59. The third-order valence-electron chi connectivity index (χ3n) is 5.06. The van der Waals surface area contributed by atoms with Gasteiger partial charge in [0.1, 0.15) is 32.7 Å².